The van der Waals surface area contributed by atoms with Gasteiger partial charge in [0.25, 0.3) is 0 Å². The number of hydrogen-bond acceptors (Lipinski definition) is 3. The van der Waals surface area contributed by atoms with Crippen LogP contribution in [0.15, 0.2) is 84.9 Å². The van der Waals surface area contributed by atoms with Crippen molar-refractivity contribution in [3.63, 3.8) is 0 Å². The molecule has 1 atom stereocenters. The second-order valence-electron chi connectivity index (χ2n) is 7.43. The van der Waals surface area contributed by atoms with Crippen molar-refractivity contribution in [2.75, 3.05) is 5.32 Å². The first kappa shape index (κ1) is 22.6. The summed E-state index contributed by atoms with van der Waals surface area (Å²) < 4.78 is 43.1. The van der Waals surface area contributed by atoms with Gasteiger partial charge < -0.3 is 15.2 Å². The molecular weight excluding hydrogens is 453 g/mol. The molecule has 1 aromatic heterocycles. The molecule has 8 heteroatoms. The Morgan fingerprint density at radius 1 is 0.939 bits per heavy atom. The molecule has 0 spiro atoms. The number of hydrogen-bond donors (Lipinski definition) is 2. The van der Waals surface area contributed by atoms with E-state index in [2.05, 4.69) is 10.1 Å². The van der Waals surface area contributed by atoms with E-state index in [1.165, 1.54) is 24.3 Å². The summed E-state index contributed by atoms with van der Waals surface area (Å²) in [6.07, 6.45) is -4.78. The van der Waals surface area contributed by atoms with Crippen molar-refractivity contribution in [1.82, 2.24) is 4.57 Å². The van der Waals surface area contributed by atoms with E-state index < -0.39 is 6.36 Å². The summed E-state index contributed by atoms with van der Waals surface area (Å²) in [7, 11) is 0. The number of aromatic hydroxyl groups is 1. The van der Waals surface area contributed by atoms with Crippen molar-refractivity contribution < 1.29 is 23.0 Å². The zero-order valence-electron chi connectivity index (χ0n) is 17.5. The number of rotatable bonds is 6. The summed E-state index contributed by atoms with van der Waals surface area (Å²) in [4.78, 5) is 0. The Bertz CT molecular complexity index is 1240. The van der Waals surface area contributed by atoms with Gasteiger partial charge in [-0.2, -0.15) is 0 Å². The molecular formula is C25H20ClF3N2O2. The predicted octanol–water partition coefficient (Wildman–Crippen LogP) is 7.58. The highest BCUT2D eigenvalue weighted by atomic mass is 35.5. The van der Waals surface area contributed by atoms with Gasteiger partial charge in [-0.25, -0.2) is 0 Å². The minimum atomic E-state index is -4.78. The van der Waals surface area contributed by atoms with E-state index in [1.807, 2.05) is 43.3 Å². The van der Waals surface area contributed by atoms with Gasteiger partial charge in [0.15, 0.2) is 0 Å². The smallest absolute Gasteiger partial charge is 0.493 e. The van der Waals surface area contributed by atoms with Gasteiger partial charge in [-0.05, 0) is 55.0 Å². The van der Waals surface area contributed by atoms with E-state index in [-0.39, 0.29) is 17.7 Å². The molecule has 33 heavy (non-hydrogen) atoms. The SMILES string of the molecule is C[C@@H](Nc1cc(-c2cccc(Cl)c2)n(-c2ccc(OC(F)(F)F)cc2)c1O)c1ccccc1. The molecule has 0 fully saturated rings. The molecule has 4 rings (SSSR count). The molecule has 0 aliphatic heterocycles. The van der Waals surface area contributed by atoms with Crippen molar-refractivity contribution in [2.24, 2.45) is 0 Å². The second kappa shape index (κ2) is 9.11. The Morgan fingerprint density at radius 3 is 2.27 bits per heavy atom. The van der Waals surface area contributed by atoms with E-state index in [9.17, 15) is 18.3 Å². The summed E-state index contributed by atoms with van der Waals surface area (Å²) in [5, 5.41) is 14.9. The number of ether oxygens (including phenoxy) is 1. The molecule has 0 aliphatic carbocycles. The van der Waals surface area contributed by atoms with Crippen LogP contribution >= 0.6 is 11.6 Å². The molecule has 2 N–H and O–H groups in total. The molecule has 4 aromatic rings. The van der Waals surface area contributed by atoms with Crippen molar-refractivity contribution in [2.45, 2.75) is 19.3 Å². The van der Waals surface area contributed by atoms with Gasteiger partial charge in [-0.15, -0.1) is 13.2 Å². The molecule has 0 saturated carbocycles. The van der Waals surface area contributed by atoms with Gasteiger partial charge in [-0.3, -0.25) is 4.57 Å². The van der Waals surface area contributed by atoms with Crippen LogP contribution in [-0.2, 0) is 0 Å². The second-order valence-corrected chi connectivity index (χ2v) is 7.87. The Balaban J connectivity index is 1.76. The van der Waals surface area contributed by atoms with Gasteiger partial charge in [0.05, 0.1) is 11.4 Å². The Hall–Kier alpha value is -3.58. The lowest BCUT2D eigenvalue weighted by Gasteiger charge is -2.15. The molecule has 0 unspecified atom stereocenters. The third-order valence-electron chi connectivity index (χ3n) is 5.10. The van der Waals surface area contributed by atoms with Gasteiger partial charge in [0, 0.05) is 22.3 Å². The van der Waals surface area contributed by atoms with Crippen molar-refractivity contribution in [1.29, 1.82) is 0 Å². The standard InChI is InChI=1S/C25H20ClF3N2O2/c1-16(17-6-3-2-4-7-17)30-22-15-23(18-8-5-9-19(26)14-18)31(24(22)32)20-10-12-21(13-11-20)33-25(27,28)29/h2-16,30,32H,1H3/t16-/m1/s1. The Morgan fingerprint density at radius 2 is 1.64 bits per heavy atom. The first-order valence-corrected chi connectivity index (χ1v) is 10.5. The fourth-order valence-corrected chi connectivity index (χ4v) is 3.77. The molecule has 170 valence electrons. The topological polar surface area (TPSA) is 46.4 Å². The van der Waals surface area contributed by atoms with E-state index in [4.69, 9.17) is 11.6 Å². The molecule has 4 nitrogen and oxygen atoms in total. The average Bonchev–Trinajstić information content (AvgIpc) is 3.10. The normalized spacial score (nSPS) is 12.4. The number of aromatic nitrogens is 1. The minimum absolute atomic E-state index is 0.0859. The Kier molecular flexibility index (Phi) is 6.24. The number of benzene rings is 3. The highest BCUT2D eigenvalue weighted by molar-refractivity contribution is 6.30. The van der Waals surface area contributed by atoms with Crippen LogP contribution in [0.4, 0.5) is 18.9 Å². The maximum atomic E-state index is 12.5. The highest BCUT2D eigenvalue weighted by Gasteiger charge is 2.31. The largest absolute Gasteiger partial charge is 0.573 e. The van der Waals surface area contributed by atoms with E-state index in [1.54, 1.807) is 28.8 Å². The lowest BCUT2D eigenvalue weighted by atomic mass is 10.1. The van der Waals surface area contributed by atoms with E-state index in [0.29, 0.717) is 22.1 Å². The van der Waals surface area contributed by atoms with Crippen LogP contribution < -0.4 is 10.1 Å². The minimum Gasteiger partial charge on any atom is -0.493 e. The molecule has 3 aromatic carbocycles. The van der Waals surface area contributed by atoms with Gasteiger partial charge in [0.2, 0.25) is 5.88 Å². The third kappa shape index (κ3) is 5.26. The lowest BCUT2D eigenvalue weighted by molar-refractivity contribution is -0.274. The molecule has 1 heterocycles. The predicted molar refractivity (Wildman–Crippen MR) is 123 cm³/mol. The van der Waals surface area contributed by atoms with Crippen LogP contribution in [0.25, 0.3) is 16.9 Å². The Labute approximate surface area is 193 Å². The number of halogens is 4. The quantitative estimate of drug-likeness (QED) is 0.304. The number of nitrogens with one attached hydrogen (secondary N) is 1. The van der Waals surface area contributed by atoms with Crippen molar-refractivity contribution in [3.8, 4) is 28.6 Å². The van der Waals surface area contributed by atoms with Gasteiger partial charge in [-0.1, -0.05) is 54.1 Å². The average molecular weight is 473 g/mol. The molecule has 0 saturated heterocycles. The fraction of sp³-hybridized carbons (Fsp3) is 0.120. The van der Waals surface area contributed by atoms with Gasteiger partial charge >= 0.3 is 6.36 Å². The summed E-state index contributed by atoms with van der Waals surface area (Å²) in [6.45, 7) is 1.97. The van der Waals surface area contributed by atoms with Crippen molar-refractivity contribution in [3.05, 3.63) is 95.5 Å². The van der Waals surface area contributed by atoms with Crippen LogP contribution in [-0.4, -0.2) is 16.0 Å². The monoisotopic (exact) mass is 472 g/mol. The number of nitrogens with zero attached hydrogens (tertiary/aromatic N) is 1. The van der Waals surface area contributed by atoms with Crippen LogP contribution in [0.2, 0.25) is 5.02 Å². The number of alkyl halides is 3. The molecule has 0 radical (unpaired) electrons. The van der Waals surface area contributed by atoms with Gasteiger partial charge in [0.1, 0.15) is 5.75 Å². The first-order valence-electron chi connectivity index (χ1n) is 10.1. The molecule has 0 aliphatic rings. The van der Waals surface area contributed by atoms with E-state index in [0.717, 1.165) is 11.1 Å². The highest BCUT2D eigenvalue weighted by Crippen LogP contribution is 2.39. The summed E-state index contributed by atoms with van der Waals surface area (Å²) in [5.41, 5.74) is 3.30. The zero-order chi connectivity index (χ0) is 23.6. The molecule has 0 bridgehead atoms. The van der Waals surface area contributed by atoms with Crippen LogP contribution in [0.1, 0.15) is 18.5 Å². The van der Waals surface area contributed by atoms with E-state index >= 15 is 0 Å². The fourth-order valence-electron chi connectivity index (χ4n) is 3.58. The first-order chi connectivity index (χ1) is 15.7. The lowest BCUT2D eigenvalue weighted by Crippen LogP contribution is -2.17. The summed E-state index contributed by atoms with van der Waals surface area (Å²) in [5.74, 6) is -0.435. The third-order valence-corrected chi connectivity index (χ3v) is 5.33. The summed E-state index contributed by atoms with van der Waals surface area (Å²) in [6, 6.07) is 23.8. The molecule has 0 amide bonds. The number of anilines is 1. The maximum absolute atomic E-state index is 12.5. The van der Waals surface area contributed by atoms with Crippen LogP contribution in [0.3, 0.4) is 0 Å². The van der Waals surface area contributed by atoms with Crippen molar-refractivity contribution >= 4 is 17.3 Å². The van der Waals surface area contributed by atoms with Crippen LogP contribution in [0, 0.1) is 0 Å². The zero-order valence-corrected chi connectivity index (χ0v) is 18.2. The van der Waals surface area contributed by atoms with Crippen LogP contribution in [0.5, 0.6) is 11.6 Å². The summed E-state index contributed by atoms with van der Waals surface area (Å²) >= 11 is 6.18. The maximum Gasteiger partial charge on any atom is 0.573 e.